The van der Waals surface area contributed by atoms with Crippen molar-refractivity contribution >= 4 is 0 Å². The molecule has 5 heteroatoms. The van der Waals surface area contributed by atoms with Crippen molar-refractivity contribution in [1.82, 2.24) is 19.7 Å². The van der Waals surface area contributed by atoms with Gasteiger partial charge >= 0.3 is 0 Å². The highest BCUT2D eigenvalue weighted by Crippen LogP contribution is 2.26. The van der Waals surface area contributed by atoms with Crippen molar-refractivity contribution in [2.24, 2.45) is 5.73 Å². The van der Waals surface area contributed by atoms with Gasteiger partial charge < -0.3 is 10.6 Å². The summed E-state index contributed by atoms with van der Waals surface area (Å²) in [6.07, 6.45) is 4.32. The Labute approximate surface area is 108 Å². The standard InChI is InChI=1S/C13H23N5/c1-2-17-6-3-10(4-7-17)13-15-12-9-11(14)5-8-18(12)16-13/h10-11H,2-9,14H2,1H3. The molecular formula is C13H23N5. The molecule has 0 amide bonds. The second-order valence-corrected chi connectivity index (χ2v) is 5.57. The molecule has 1 aromatic rings. The molecule has 1 atom stereocenters. The molecular weight excluding hydrogens is 226 g/mol. The molecule has 1 unspecified atom stereocenters. The topological polar surface area (TPSA) is 60.0 Å². The Morgan fingerprint density at radius 2 is 2.00 bits per heavy atom. The number of fused-ring (bicyclic) bond motifs is 1. The van der Waals surface area contributed by atoms with Crippen molar-refractivity contribution in [2.75, 3.05) is 19.6 Å². The number of nitrogens with two attached hydrogens (primary N) is 1. The lowest BCUT2D eigenvalue weighted by molar-refractivity contribution is 0.219. The van der Waals surface area contributed by atoms with Crippen molar-refractivity contribution in [3.63, 3.8) is 0 Å². The van der Waals surface area contributed by atoms with Gasteiger partial charge in [0.15, 0.2) is 5.82 Å². The van der Waals surface area contributed by atoms with Crippen molar-refractivity contribution in [1.29, 1.82) is 0 Å². The zero-order chi connectivity index (χ0) is 12.5. The molecule has 100 valence electrons. The molecule has 1 fully saturated rings. The maximum absolute atomic E-state index is 5.99. The average molecular weight is 249 g/mol. The molecule has 0 radical (unpaired) electrons. The van der Waals surface area contributed by atoms with Gasteiger partial charge in [0.2, 0.25) is 0 Å². The van der Waals surface area contributed by atoms with E-state index in [9.17, 15) is 0 Å². The van der Waals surface area contributed by atoms with E-state index in [2.05, 4.69) is 16.5 Å². The van der Waals surface area contributed by atoms with Gasteiger partial charge in [-0.3, -0.25) is 0 Å². The summed E-state index contributed by atoms with van der Waals surface area (Å²) in [5, 5.41) is 4.69. The monoisotopic (exact) mass is 249 g/mol. The quantitative estimate of drug-likeness (QED) is 0.840. The van der Waals surface area contributed by atoms with Crippen molar-refractivity contribution in [3.05, 3.63) is 11.6 Å². The van der Waals surface area contributed by atoms with E-state index in [1.807, 2.05) is 0 Å². The molecule has 18 heavy (non-hydrogen) atoms. The maximum atomic E-state index is 5.99. The second-order valence-electron chi connectivity index (χ2n) is 5.57. The zero-order valence-electron chi connectivity index (χ0n) is 11.2. The summed E-state index contributed by atoms with van der Waals surface area (Å²) in [5.41, 5.74) is 5.99. The van der Waals surface area contributed by atoms with Crippen LogP contribution in [0.5, 0.6) is 0 Å². The number of aryl methyl sites for hydroxylation is 1. The van der Waals surface area contributed by atoms with Crippen LogP contribution in [0, 0.1) is 0 Å². The molecule has 3 rings (SSSR count). The Bertz CT molecular complexity index is 406. The summed E-state index contributed by atoms with van der Waals surface area (Å²) in [6.45, 7) is 6.70. The van der Waals surface area contributed by atoms with Gasteiger partial charge in [-0.2, -0.15) is 5.10 Å². The van der Waals surface area contributed by atoms with Crippen molar-refractivity contribution < 1.29 is 0 Å². The molecule has 2 N–H and O–H groups in total. The van der Waals surface area contributed by atoms with Crippen LogP contribution in [-0.2, 0) is 13.0 Å². The van der Waals surface area contributed by atoms with Crippen LogP contribution in [0.4, 0.5) is 0 Å². The first-order chi connectivity index (χ1) is 8.76. The molecule has 5 nitrogen and oxygen atoms in total. The molecule has 1 saturated heterocycles. The number of aromatic nitrogens is 3. The minimum atomic E-state index is 0.275. The largest absolute Gasteiger partial charge is 0.327 e. The first kappa shape index (κ1) is 12.1. The predicted molar refractivity (Wildman–Crippen MR) is 70.4 cm³/mol. The van der Waals surface area contributed by atoms with E-state index in [0.717, 1.165) is 37.6 Å². The highest BCUT2D eigenvalue weighted by Gasteiger charge is 2.26. The van der Waals surface area contributed by atoms with E-state index in [1.165, 1.54) is 25.9 Å². The van der Waals surface area contributed by atoms with E-state index in [1.54, 1.807) is 0 Å². The smallest absolute Gasteiger partial charge is 0.154 e. The number of piperidine rings is 1. The molecule has 2 aliphatic heterocycles. The van der Waals surface area contributed by atoms with Crippen LogP contribution in [-0.4, -0.2) is 45.3 Å². The lowest BCUT2D eigenvalue weighted by atomic mass is 9.96. The van der Waals surface area contributed by atoms with Crippen LogP contribution in [0.3, 0.4) is 0 Å². The Morgan fingerprint density at radius 3 is 2.72 bits per heavy atom. The summed E-state index contributed by atoms with van der Waals surface area (Å²) in [4.78, 5) is 7.23. The van der Waals surface area contributed by atoms with Gasteiger partial charge in [0, 0.05) is 24.9 Å². The minimum absolute atomic E-state index is 0.275. The molecule has 3 heterocycles. The van der Waals surface area contributed by atoms with E-state index >= 15 is 0 Å². The van der Waals surface area contributed by atoms with E-state index in [4.69, 9.17) is 15.8 Å². The first-order valence-electron chi connectivity index (χ1n) is 7.18. The summed E-state index contributed by atoms with van der Waals surface area (Å²) < 4.78 is 2.07. The fourth-order valence-corrected chi connectivity index (χ4v) is 3.03. The average Bonchev–Trinajstić information content (AvgIpc) is 2.81. The minimum Gasteiger partial charge on any atom is -0.327 e. The number of likely N-dealkylation sites (tertiary alicyclic amines) is 1. The molecule has 0 bridgehead atoms. The number of rotatable bonds is 2. The summed E-state index contributed by atoms with van der Waals surface area (Å²) >= 11 is 0. The van der Waals surface area contributed by atoms with Crippen LogP contribution in [0.2, 0.25) is 0 Å². The first-order valence-corrected chi connectivity index (χ1v) is 7.18. The van der Waals surface area contributed by atoms with Crippen LogP contribution in [0.15, 0.2) is 0 Å². The molecule has 0 saturated carbocycles. The number of nitrogens with zero attached hydrogens (tertiary/aromatic N) is 4. The van der Waals surface area contributed by atoms with Gasteiger partial charge in [-0.25, -0.2) is 9.67 Å². The van der Waals surface area contributed by atoms with Gasteiger partial charge in [0.25, 0.3) is 0 Å². The van der Waals surface area contributed by atoms with Crippen molar-refractivity contribution in [2.45, 2.75) is 51.1 Å². The lowest BCUT2D eigenvalue weighted by Gasteiger charge is -2.29. The Morgan fingerprint density at radius 1 is 1.22 bits per heavy atom. The highest BCUT2D eigenvalue weighted by molar-refractivity contribution is 5.04. The van der Waals surface area contributed by atoms with Gasteiger partial charge in [-0.05, 0) is 38.9 Å². The fraction of sp³-hybridized carbons (Fsp3) is 0.846. The van der Waals surface area contributed by atoms with E-state index < -0.39 is 0 Å². The summed E-state index contributed by atoms with van der Waals surface area (Å²) in [7, 11) is 0. The predicted octanol–water partition coefficient (Wildman–Crippen LogP) is 0.751. The molecule has 0 aromatic carbocycles. The van der Waals surface area contributed by atoms with Crippen LogP contribution < -0.4 is 5.73 Å². The highest BCUT2D eigenvalue weighted by atomic mass is 15.4. The van der Waals surface area contributed by atoms with E-state index in [-0.39, 0.29) is 6.04 Å². The third-order valence-electron chi connectivity index (χ3n) is 4.32. The third-order valence-corrected chi connectivity index (χ3v) is 4.32. The number of hydrogen-bond acceptors (Lipinski definition) is 4. The normalized spacial score (nSPS) is 26.2. The van der Waals surface area contributed by atoms with Crippen LogP contribution in [0.25, 0.3) is 0 Å². The maximum Gasteiger partial charge on any atom is 0.154 e. The number of hydrogen-bond donors (Lipinski definition) is 1. The molecule has 0 spiro atoms. The lowest BCUT2D eigenvalue weighted by Crippen LogP contribution is -2.32. The van der Waals surface area contributed by atoms with E-state index in [0.29, 0.717) is 5.92 Å². The molecule has 0 aliphatic carbocycles. The van der Waals surface area contributed by atoms with Crippen LogP contribution in [0.1, 0.15) is 43.8 Å². The Hall–Kier alpha value is -0.940. The third kappa shape index (κ3) is 2.29. The van der Waals surface area contributed by atoms with Crippen molar-refractivity contribution in [3.8, 4) is 0 Å². The van der Waals surface area contributed by atoms with Gasteiger partial charge in [-0.1, -0.05) is 6.92 Å². The Balaban J connectivity index is 1.70. The molecule has 2 aliphatic rings. The van der Waals surface area contributed by atoms with Gasteiger partial charge in [0.05, 0.1) is 0 Å². The summed E-state index contributed by atoms with van der Waals surface area (Å²) in [5.74, 6) is 2.72. The molecule has 1 aromatic heterocycles. The Kier molecular flexibility index (Phi) is 3.35. The summed E-state index contributed by atoms with van der Waals surface area (Å²) in [6, 6.07) is 0.275. The fourth-order valence-electron chi connectivity index (χ4n) is 3.03. The van der Waals surface area contributed by atoms with Gasteiger partial charge in [-0.15, -0.1) is 0 Å². The van der Waals surface area contributed by atoms with Crippen LogP contribution >= 0.6 is 0 Å². The SMILES string of the molecule is CCN1CCC(c2nc3n(n2)CCC(N)C3)CC1. The second kappa shape index (κ2) is 4.97. The van der Waals surface area contributed by atoms with Gasteiger partial charge in [0.1, 0.15) is 5.82 Å². The zero-order valence-corrected chi connectivity index (χ0v) is 11.2.